The van der Waals surface area contributed by atoms with Gasteiger partial charge in [-0.05, 0) is 67.0 Å². The Morgan fingerprint density at radius 2 is 1.81 bits per heavy atom. The number of aromatic amines is 1. The van der Waals surface area contributed by atoms with Crippen LogP contribution < -0.4 is 10.6 Å². The first kappa shape index (κ1) is 26.7. The average molecular weight is 510 g/mol. The zero-order valence-electron chi connectivity index (χ0n) is 21.2. The van der Waals surface area contributed by atoms with Crippen LogP contribution in [0.15, 0.2) is 42.5 Å². The molecule has 6 nitrogen and oxygen atoms in total. The fourth-order valence-electron chi connectivity index (χ4n) is 4.97. The molecule has 0 radical (unpaired) electrons. The van der Waals surface area contributed by atoms with Gasteiger partial charge in [0.1, 0.15) is 17.3 Å². The highest BCUT2D eigenvalue weighted by atomic mass is 19.1. The number of H-pyrrole nitrogens is 1. The van der Waals surface area contributed by atoms with Crippen molar-refractivity contribution in [3.05, 3.63) is 93.3 Å². The SMILES string of the molecule is CCc1cccc(CNC[C@H](O)[C@H](Cc2cc(F)cc(F)c2)NC(=O)c2[nH]c3c(c2C)C(=O)CCC3)c1. The number of carbonyl (C=O) groups is 2. The van der Waals surface area contributed by atoms with Gasteiger partial charge in [0.05, 0.1) is 12.1 Å². The van der Waals surface area contributed by atoms with E-state index in [-0.39, 0.29) is 24.4 Å². The predicted molar refractivity (Wildman–Crippen MR) is 138 cm³/mol. The molecule has 0 saturated heterocycles. The van der Waals surface area contributed by atoms with Crippen molar-refractivity contribution < 1.29 is 23.5 Å². The van der Waals surface area contributed by atoms with Gasteiger partial charge in [0.2, 0.25) is 0 Å². The molecule has 0 saturated carbocycles. The van der Waals surface area contributed by atoms with Gasteiger partial charge in [-0.25, -0.2) is 8.78 Å². The first-order valence-electron chi connectivity index (χ1n) is 12.7. The van der Waals surface area contributed by atoms with Crippen molar-refractivity contribution in [3.63, 3.8) is 0 Å². The van der Waals surface area contributed by atoms with E-state index in [4.69, 9.17) is 0 Å². The summed E-state index contributed by atoms with van der Waals surface area (Å²) in [6.07, 6.45) is 1.76. The number of hydrogen-bond donors (Lipinski definition) is 4. The Labute approximate surface area is 215 Å². The van der Waals surface area contributed by atoms with Gasteiger partial charge in [0.25, 0.3) is 5.91 Å². The molecular weight excluding hydrogens is 476 g/mol. The maximum absolute atomic E-state index is 13.8. The lowest BCUT2D eigenvalue weighted by Crippen LogP contribution is -2.49. The van der Waals surface area contributed by atoms with E-state index in [2.05, 4.69) is 34.7 Å². The summed E-state index contributed by atoms with van der Waals surface area (Å²) in [7, 11) is 0. The van der Waals surface area contributed by atoms with Crippen molar-refractivity contribution in [3.8, 4) is 0 Å². The number of aromatic nitrogens is 1. The molecule has 2 aromatic carbocycles. The van der Waals surface area contributed by atoms with E-state index in [1.54, 1.807) is 6.92 Å². The van der Waals surface area contributed by atoms with Crippen molar-refractivity contribution >= 4 is 11.7 Å². The molecule has 1 aliphatic carbocycles. The highest BCUT2D eigenvalue weighted by molar-refractivity contribution is 6.04. The van der Waals surface area contributed by atoms with Crippen molar-refractivity contribution in [2.24, 2.45) is 0 Å². The first-order valence-corrected chi connectivity index (χ1v) is 12.7. The summed E-state index contributed by atoms with van der Waals surface area (Å²) in [5.41, 5.74) is 4.76. The normalized spacial score (nSPS) is 14.8. The third-order valence-corrected chi connectivity index (χ3v) is 6.91. The highest BCUT2D eigenvalue weighted by Gasteiger charge is 2.29. The van der Waals surface area contributed by atoms with E-state index >= 15 is 0 Å². The minimum Gasteiger partial charge on any atom is -0.390 e. The molecule has 4 rings (SSSR count). The van der Waals surface area contributed by atoms with Crippen LogP contribution in [0.3, 0.4) is 0 Å². The second kappa shape index (κ2) is 11.8. The molecule has 4 N–H and O–H groups in total. The molecule has 0 unspecified atom stereocenters. The van der Waals surface area contributed by atoms with Crippen LogP contribution in [-0.4, -0.2) is 40.5 Å². The number of carbonyl (C=O) groups excluding carboxylic acids is 2. The predicted octanol–water partition coefficient (Wildman–Crippen LogP) is 4.17. The second-order valence-corrected chi connectivity index (χ2v) is 9.69. The molecular formula is C29H33F2N3O3. The van der Waals surface area contributed by atoms with E-state index < -0.39 is 29.7 Å². The van der Waals surface area contributed by atoms with Crippen LogP contribution in [0.25, 0.3) is 0 Å². The van der Waals surface area contributed by atoms with E-state index in [9.17, 15) is 23.5 Å². The van der Waals surface area contributed by atoms with Gasteiger partial charge in [-0.2, -0.15) is 0 Å². The topological polar surface area (TPSA) is 94.2 Å². The number of nitrogens with one attached hydrogen (secondary N) is 3. The van der Waals surface area contributed by atoms with E-state index in [0.717, 1.165) is 30.2 Å². The lowest BCUT2D eigenvalue weighted by molar-refractivity contribution is 0.0825. The van der Waals surface area contributed by atoms with Gasteiger partial charge < -0.3 is 20.7 Å². The molecule has 3 aromatic rings. The fourth-order valence-corrected chi connectivity index (χ4v) is 4.97. The number of benzene rings is 2. The minimum atomic E-state index is -1.05. The summed E-state index contributed by atoms with van der Waals surface area (Å²) in [5.74, 6) is -1.92. The number of halogens is 2. The maximum atomic E-state index is 13.8. The Bertz CT molecular complexity index is 1270. The lowest BCUT2D eigenvalue weighted by Gasteiger charge is -2.25. The van der Waals surface area contributed by atoms with Crippen LogP contribution in [0.1, 0.15) is 68.6 Å². The standard InChI is InChI=1S/C29H33F2N3O3/c1-3-18-6-4-7-19(10-18)15-32-16-26(36)24(13-20-11-21(30)14-22(31)12-20)34-29(37)28-17(2)27-23(33-28)8-5-9-25(27)35/h4,6-7,10-12,14,24,26,32-33,36H,3,5,8-9,13,15-16H2,1-2H3,(H,34,37)/t24-,26-/m0/s1. The largest absolute Gasteiger partial charge is 0.390 e. The van der Waals surface area contributed by atoms with Gasteiger partial charge in [0.15, 0.2) is 5.78 Å². The molecule has 0 aliphatic heterocycles. The highest BCUT2D eigenvalue weighted by Crippen LogP contribution is 2.26. The van der Waals surface area contributed by atoms with Crippen molar-refractivity contribution in [1.29, 1.82) is 0 Å². The molecule has 0 fully saturated rings. The summed E-state index contributed by atoms with van der Waals surface area (Å²) < 4.78 is 27.7. The number of fused-ring (bicyclic) bond motifs is 1. The van der Waals surface area contributed by atoms with Gasteiger partial charge in [-0.1, -0.05) is 31.2 Å². The van der Waals surface area contributed by atoms with E-state index in [1.165, 1.54) is 17.7 Å². The molecule has 0 spiro atoms. The summed E-state index contributed by atoms with van der Waals surface area (Å²) >= 11 is 0. The lowest BCUT2D eigenvalue weighted by atomic mass is 9.93. The van der Waals surface area contributed by atoms with Crippen LogP contribution in [0.2, 0.25) is 0 Å². The average Bonchev–Trinajstić information content (AvgIpc) is 3.20. The Morgan fingerprint density at radius 1 is 1.08 bits per heavy atom. The quantitative estimate of drug-likeness (QED) is 0.330. The van der Waals surface area contributed by atoms with Crippen LogP contribution in [0.4, 0.5) is 8.78 Å². The zero-order valence-corrected chi connectivity index (χ0v) is 21.2. The Balaban J connectivity index is 1.50. The number of amides is 1. The number of aliphatic hydroxyl groups excluding tert-OH is 1. The summed E-state index contributed by atoms with van der Waals surface area (Å²) in [5, 5.41) is 17.1. The van der Waals surface area contributed by atoms with Crippen molar-refractivity contribution in [1.82, 2.24) is 15.6 Å². The van der Waals surface area contributed by atoms with Crippen molar-refractivity contribution in [2.75, 3.05) is 6.54 Å². The van der Waals surface area contributed by atoms with Gasteiger partial charge >= 0.3 is 0 Å². The zero-order chi connectivity index (χ0) is 26.5. The van der Waals surface area contributed by atoms with Crippen LogP contribution in [0.5, 0.6) is 0 Å². The number of ketones is 1. The maximum Gasteiger partial charge on any atom is 0.268 e. The van der Waals surface area contributed by atoms with Crippen molar-refractivity contribution in [2.45, 2.75) is 64.6 Å². The smallest absolute Gasteiger partial charge is 0.268 e. The van der Waals surface area contributed by atoms with E-state index in [0.29, 0.717) is 36.1 Å². The third-order valence-electron chi connectivity index (χ3n) is 6.91. The number of rotatable bonds is 10. The van der Waals surface area contributed by atoms with Gasteiger partial charge in [0, 0.05) is 36.8 Å². The first-order chi connectivity index (χ1) is 17.7. The molecule has 1 amide bonds. The van der Waals surface area contributed by atoms with Crippen LogP contribution in [-0.2, 0) is 25.8 Å². The molecule has 8 heteroatoms. The van der Waals surface area contributed by atoms with Crippen LogP contribution >= 0.6 is 0 Å². The molecule has 1 aromatic heterocycles. The molecule has 1 heterocycles. The molecule has 1 aliphatic rings. The third kappa shape index (κ3) is 6.50. The minimum absolute atomic E-state index is 0.0113. The second-order valence-electron chi connectivity index (χ2n) is 9.69. The van der Waals surface area contributed by atoms with E-state index in [1.807, 2.05) is 12.1 Å². The summed E-state index contributed by atoms with van der Waals surface area (Å²) in [6, 6.07) is 10.4. The number of aryl methyl sites for hydroxylation is 2. The summed E-state index contributed by atoms with van der Waals surface area (Å²) in [4.78, 5) is 28.7. The Kier molecular flexibility index (Phi) is 8.51. The summed E-state index contributed by atoms with van der Waals surface area (Å²) in [6.45, 7) is 4.48. The van der Waals surface area contributed by atoms with Crippen LogP contribution in [0, 0.1) is 18.6 Å². The molecule has 37 heavy (non-hydrogen) atoms. The fraction of sp³-hybridized carbons (Fsp3) is 0.379. The molecule has 0 bridgehead atoms. The van der Waals surface area contributed by atoms with Gasteiger partial charge in [-0.3, -0.25) is 9.59 Å². The monoisotopic (exact) mass is 509 g/mol. The number of aliphatic hydroxyl groups is 1. The molecule has 196 valence electrons. The molecule has 2 atom stereocenters. The Hall–Kier alpha value is -3.36. The number of Topliss-reactive ketones (excluding diaryl/α,β-unsaturated/α-hetero) is 1. The van der Waals surface area contributed by atoms with Gasteiger partial charge in [-0.15, -0.1) is 0 Å². The number of hydrogen-bond acceptors (Lipinski definition) is 4. The Morgan fingerprint density at radius 3 is 2.51 bits per heavy atom.